The number of ether oxygens (including phenoxy) is 3. The Morgan fingerprint density at radius 1 is 1.04 bits per heavy atom. The first kappa shape index (κ1) is 20.5. The molecule has 0 saturated heterocycles. The van der Waals surface area contributed by atoms with E-state index in [1.807, 2.05) is 0 Å². The number of methoxy groups -OCH3 is 1. The average molecular weight is 394 g/mol. The third-order valence-electron chi connectivity index (χ3n) is 3.77. The first-order valence-corrected chi connectivity index (χ1v) is 8.15. The summed E-state index contributed by atoms with van der Waals surface area (Å²) in [5.74, 6) is 1.09. The normalized spacial score (nSPS) is 10.3. The van der Waals surface area contributed by atoms with Gasteiger partial charge in [-0.15, -0.1) is 12.4 Å². The zero-order valence-electron chi connectivity index (χ0n) is 14.8. The molecule has 0 radical (unpaired) electrons. The van der Waals surface area contributed by atoms with Gasteiger partial charge >= 0.3 is 0 Å². The Bertz CT molecular complexity index is 924. The lowest BCUT2D eigenvalue weighted by Crippen LogP contribution is -2.06. The van der Waals surface area contributed by atoms with Gasteiger partial charge in [0.15, 0.2) is 23.1 Å². The monoisotopic (exact) mass is 393 g/mol. The van der Waals surface area contributed by atoms with Crippen LogP contribution in [0.3, 0.4) is 0 Å². The summed E-state index contributed by atoms with van der Waals surface area (Å²) < 4.78 is 30.9. The van der Waals surface area contributed by atoms with Crippen LogP contribution in [0.1, 0.15) is 6.42 Å². The van der Waals surface area contributed by atoms with Crippen LogP contribution in [0, 0.1) is 5.82 Å². The molecule has 0 fully saturated rings. The van der Waals surface area contributed by atoms with Gasteiger partial charge in [0.25, 0.3) is 0 Å². The molecular weight excluding hydrogens is 373 g/mol. The number of halogens is 2. The number of nitrogens with two attached hydrogens (primary N) is 2. The number of nitrogen functional groups attached to an aromatic ring is 1. The number of fused-ring (bicyclic) bond motifs is 1. The van der Waals surface area contributed by atoms with Crippen molar-refractivity contribution >= 4 is 29.0 Å². The first-order chi connectivity index (χ1) is 12.6. The Hall–Kier alpha value is -2.77. The van der Waals surface area contributed by atoms with Gasteiger partial charge in [-0.2, -0.15) is 0 Å². The molecule has 0 aliphatic heterocycles. The molecule has 3 aromatic rings. The molecule has 0 amide bonds. The van der Waals surface area contributed by atoms with Crippen LogP contribution in [-0.4, -0.2) is 25.2 Å². The Kier molecular flexibility index (Phi) is 7.04. The molecule has 0 atom stereocenters. The van der Waals surface area contributed by atoms with Crippen LogP contribution in [-0.2, 0) is 0 Å². The Balaban J connectivity index is 0.00000261. The van der Waals surface area contributed by atoms with Crippen molar-refractivity contribution in [2.45, 2.75) is 6.42 Å². The molecule has 0 aliphatic rings. The average Bonchev–Trinajstić information content (AvgIpc) is 2.64. The molecule has 1 aromatic heterocycles. The lowest BCUT2D eigenvalue weighted by Gasteiger charge is -2.14. The second-order valence-corrected chi connectivity index (χ2v) is 5.61. The lowest BCUT2D eigenvalue weighted by molar-refractivity contribution is 0.292. The molecule has 0 bridgehead atoms. The highest BCUT2D eigenvalue weighted by Gasteiger charge is 2.13. The maximum atomic E-state index is 14.0. The summed E-state index contributed by atoms with van der Waals surface area (Å²) in [4.78, 5) is 4.33. The molecule has 144 valence electrons. The van der Waals surface area contributed by atoms with E-state index in [0.717, 1.165) is 6.42 Å². The maximum absolute atomic E-state index is 14.0. The zero-order chi connectivity index (χ0) is 18.5. The molecule has 6 nitrogen and oxygen atoms in total. The summed E-state index contributed by atoms with van der Waals surface area (Å²) in [6.45, 7) is 1.02. The predicted octanol–water partition coefficient (Wildman–Crippen LogP) is 3.91. The van der Waals surface area contributed by atoms with E-state index in [1.165, 1.54) is 12.1 Å². The molecular formula is C19H21ClFN3O3. The van der Waals surface area contributed by atoms with Crippen LogP contribution in [0.4, 0.5) is 10.1 Å². The van der Waals surface area contributed by atoms with Crippen LogP contribution in [0.2, 0.25) is 0 Å². The third-order valence-corrected chi connectivity index (χ3v) is 3.77. The highest BCUT2D eigenvalue weighted by molar-refractivity contribution is 5.88. The quantitative estimate of drug-likeness (QED) is 0.467. The summed E-state index contributed by atoms with van der Waals surface area (Å²) in [5, 5.41) is 0.673. The van der Waals surface area contributed by atoms with Gasteiger partial charge in [0, 0.05) is 29.4 Å². The van der Waals surface area contributed by atoms with Crippen LogP contribution >= 0.6 is 12.4 Å². The molecule has 27 heavy (non-hydrogen) atoms. The smallest absolute Gasteiger partial charge is 0.167 e. The van der Waals surface area contributed by atoms with Crippen molar-refractivity contribution in [1.82, 2.24) is 4.98 Å². The molecule has 8 heteroatoms. The fourth-order valence-corrected chi connectivity index (χ4v) is 2.47. The van der Waals surface area contributed by atoms with E-state index in [4.69, 9.17) is 25.7 Å². The largest absolute Gasteiger partial charge is 0.493 e. The number of pyridine rings is 1. The summed E-state index contributed by atoms with van der Waals surface area (Å²) in [6.07, 6.45) is 2.32. The van der Waals surface area contributed by atoms with Gasteiger partial charge in [-0.25, -0.2) is 4.39 Å². The topological polar surface area (TPSA) is 92.6 Å². The second kappa shape index (κ2) is 9.25. The predicted molar refractivity (Wildman–Crippen MR) is 106 cm³/mol. The number of aromatic nitrogens is 1. The highest BCUT2D eigenvalue weighted by atomic mass is 35.5. The molecule has 0 unspecified atom stereocenters. The van der Waals surface area contributed by atoms with Gasteiger partial charge in [0.1, 0.15) is 5.75 Å². The van der Waals surface area contributed by atoms with Crippen molar-refractivity contribution in [2.24, 2.45) is 5.73 Å². The van der Waals surface area contributed by atoms with Crippen molar-refractivity contribution in [2.75, 3.05) is 26.0 Å². The minimum absolute atomic E-state index is 0. The first-order valence-electron chi connectivity index (χ1n) is 8.15. The molecule has 2 aromatic carbocycles. The Morgan fingerprint density at radius 3 is 2.56 bits per heavy atom. The molecule has 4 N–H and O–H groups in total. The van der Waals surface area contributed by atoms with Gasteiger partial charge in [0.2, 0.25) is 0 Å². The number of rotatable bonds is 7. The van der Waals surface area contributed by atoms with Crippen molar-refractivity contribution in [3.63, 3.8) is 0 Å². The van der Waals surface area contributed by atoms with Gasteiger partial charge in [-0.05, 0) is 37.2 Å². The number of hydrogen-bond donors (Lipinski definition) is 2. The number of hydrogen-bond acceptors (Lipinski definition) is 6. The van der Waals surface area contributed by atoms with Crippen LogP contribution in [0.15, 0.2) is 42.6 Å². The van der Waals surface area contributed by atoms with Crippen molar-refractivity contribution in [3.05, 3.63) is 48.4 Å². The molecule has 0 saturated carbocycles. The standard InChI is InChI=1S/C19H20FN3O3.ClH/c1-24-18-10-13-15(11-19(18)25-8-2-6-21)23-7-5-16(13)26-17-4-3-12(22)9-14(17)20;/h3-5,7,9-11H,2,6,8,21-22H2,1H3;1H. The van der Waals surface area contributed by atoms with Crippen molar-refractivity contribution < 1.29 is 18.6 Å². The van der Waals surface area contributed by atoms with Gasteiger partial charge in [-0.3, -0.25) is 4.98 Å². The molecule has 0 spiro atoms. The van der Waals surface area contributed by atoms with Gasteiger partial charge in [0.05, 0.1) is 19.2 Å². The number of nitrogens with zero attached hydrogens (tertiary/aromatic N) is 1. The fraction of sp³-hybridized carbons (Fsp3) is 0.211. The van der Waals surface area contributed by atoms with Crippen LogP contribution < -0.4 is 25.7 Å². The zero-order valence-corrected chi connectivity index (χ0v) is 15.6. The Labute approximate surface area is 162 Å². The summed E-state index contributed by atoms with van der Waals surface area (Å²) in [7, 11) is 1.55. The lowest BCUT2D eigenvalue weighted by atomic mass is 10.1. The molecule has 0 aliphatic carbocycles. The highest BCUT2D eigenvalue weighted by Crippen LogP contribution is 2.37. The fourth-order valence-electron chi connectivity index (χ4n) is 2.47. The van der Waals surface area contributed by atoms with E-state index < -0.39 is 5.82 Å². The van der Waals surface area contributed by atoms with E-state index in [-0.39, 0.29) is 18.2 Å². The summed E-state index contributed by atoms with van der Waals surface area (Å²) >= 11 is 0. The van der Waals surface area contributed by atoms with E-state index in [9.17, 15) is 4.39 Å². The van der Waals surface area contributed by atoms with E-state index in [1.54, 1.807) is 37.6 Å². The number of anilines is 1. The van der Waals surface area contributed by atoms with Crippen molar-refractivity contribution in [1.29, 1.82) is 0 Å². The van der Waals surface area contributed by atoms with E-state index >= 15 is 0 Å². The van der Waals surface area contributed by atoms with Crippen LogP contribution in [0.5, 0.6) is 23.0 Å². The van der Waals surface area contributed by atoms with Crippen LogP contribution in [0.25, 0.3) is 10.9 Å². The van der Waals surface area contributed by atoms with Crippen molar-refractivity contribution in [3.8, 4) is 23.0 Å². The summed E-state index contributed by atoms with van der Waals surface area (Å²) in [6, 6.07) is 9.45. The minimum Gasteiger partial charge on any atom is -0.493 e. The maximum Gasteiger partial charge on any atom is 0.167 e. The van der Waals surface area contributed by atoms with E-state index in [2.05, 4.69) is 4.98 Å². The third kappa shape index (κ3) is 4.69. The Morgan fingerprint density at radius 2 is 1.85 bits per heavy atom. The SMILES string of the molecule is COc1cc2c(Oc3ccc(N)cc3F)ccnc2cc1OCCCN.Cl. The second-order valence-electron chi connectivity index (χ2n) is 5.61. The van der Waals surface area contributed by atoms with Gasteiger partial charge < -0.3 is 25.7 Å². The number of benzene rings is 2. The molecule has 1 heterocycles. The summed E-state index contributed by atoms with van der Waals surface area (Å²) in [5.41, 5.74) is 12.0. The van der Waals surface area contributed by atoms with E-state index in [0.29, 0.717) is 47.0 Å². The molecule has 3 rings (SSSR count). The minimum atomic E-state index is -0.538. The van der Waals surface area contributed by atoms with Gasteiger partial charge in [-0.1, -0.05) is 0 Å².